The van der Waals surface area contributed by atoms with Gasteiger partial charge in [0.15, 0.2) is 0 Å². The van der Waals surface area contributed by atoms with Crippen molar-refractivity contribution in [3.63, 3.8) is 0 Å². The molecular formula is C33H34ClN3O5. The Labute approximate surface area is 250 Å². The lowest BCUT2D eigenvalue weighted by molar-refractivity contribution is -0.147. The highest BCUT2D eigenvalue weighted by molar-refractivity contribution is 6.33. The van der Waals surface area contributed by atoms with Crippen LogP contribution in [0.5, 0.6) is 0 Å². The average Bonchev–Trinajstić information content (AvgIpc) is 3.50. The van der Waals surface area contributed by atoms with Gasteiger partial charge in [-0.15, -0.1) is 0 Å². The summed E-state index contributed by atoms with van der Waals surface area (Å²) in [5, 5.41) is 16.9. The topological polar surface area (TPSA) is 108 Å². The number of rotatable bonds is 8. The van der Waals surface area contributed by atoms with E-state index in [1.807, 2.05) is 62.4 Å². The maximum atomic E-state index is 14.6. The van der Waals surface area contributed by atoms with Crippen LogP contribution in [0.4, 0.5) is 11.4 Å². The molecule has 9 heteroatoms. The Balaban J connectivity index is 1.43. The first-order valence-corrected chi connectivity index (χ1v) is 14.7. The monoisotopic (exact) mass is 587 g/mol. The van der Waals surface area contributed by atoms with Gasteiger partial charge in [-0.25, -0.2) is 0 Å². The van der Waals surface area contributed by atoms with Crippen LogP contribution in [0.3, 0.4) is 0 Å². The van der Waals surface area contributed by atoms with Gasteiger partial charge in [-0.1, -0.05) is 79.2 Å². The van der Waals surface area contributed by atoms with Gasteiger partial charge in [0, 0.05) is 5.69 Å². The number of anilines is 2. The summed E-state index contributed by atoms with van der Waals surface area (Å²) in [5.74, 6) is -3.03. The number of fused-ring (bicyclic) bond motifs is 1. The normalized spacial score (nSPS) is 30.2. The molecule has 2 bridgehead atoms. The number of amides is 3. The van der Waals surface area contributed by atoms with Crippen molar-refractivity contribution < 1.29 is 24.2 Å². The quantitative estimate of drug-likeness (QED) is 0.359. The molecule has 3 unspecified atom stereocenters. The fourth-order valence-corrected chi connectivity index (χ4v) is 7.59. The molecule has 0 radical (unpaired) electrons. The van der Waals surface area contributed by atoms with Gasteiger partial charge in [0.1, 0.15) is 11.6 Å². The molecule has 7 atom stereocenters. The second kappa shape index (κ2) is 10.8. The first-order chi connectivity index (χ1) is 20.2. The molecule has 0 aromatic heterocycles. The highest BCUT2D eigenvalue weighted by Gasteiger charge is 2.80. The Morgan fingerprint density at radius 2 is 1.64 bits per heavy atom. The molecule has 3 aliphatic heterocycles. The summed E-state index contributed by atoms with van der Waals surface area (Å²) in [6.07, 6.45) is 0.741. The second-order valence-corrected chi connectivity index (χ2v) is 12.2. The van der Waals surface area contributed by atoms with E-state index in [0.29, 0.717) is 29.2 Å². The van der Waals surface area contributed by atoms with Gasteiger partial charge in [0.2, 0.25) is 17.7 Å². The Morgan fingerprint density at radius 3 is 2.31 bits per heavy atom. The highest BCUT2D eigenvalue weighted by atomic mass is 35.5. The Kier molecular flexibility index (Phi) is 7.33. The Hall–Kier alpha value is -3.72. The average molecular weight is 588 g/mol. The van der Waals surface area contributed by atoms with Crippen LogP contribution in [0.15, 0.2) is 84.9 Å². The van der Waals surface area contributed by atoms with Crippen molar-refractivity contribution in [3.8, 4) is 0 Å². The third-order valence-electron chi connectivity index (χ3n) is 9.37. The zero-order valence-corrected chi connectivity index (χ0v) is 24.3. The minimum absolute atomic E-state index is 0.120. The number of carbonyl (C=O) groups is 3. The van der Waals surface area contributed by atoms with E-state index < -0.39 is 41.0 Å². The van der Waals surface area contributed by atoms with Crippen molar-refractivity contribution in [2.45, 2.75) is 50.0 Å². The molecule has 3 saturated heterocycles. The van der Waals surface area contributed by atoms with Crippen LogP contribution < -0.4 is 10.6 Å². The Bertz CT molecular complexity index is 1500. The minimum atomic E-state index is -1.26. The molecule has 3 aromatic carbocycles. The van der Waals surface area contributed by atoms with E-state index in [4.69, 9.17) is 16.3 Å². The molecule has 0 saturated carbocycles. The molecule has 8 nitrogen and oxygen atoms in total. The van der Waals surface area contributed by atoms with Gasteiger partial charge in [-0.05, 0) is 55.5 Å². The van der Waals surface area contributed by atoms with Crippen molar-refractivity contribution in [3.05, 3.63) is 95.5 Å². The summed E-state index contributed by atoms with van der Waals surface area (Å²) in [6, 6.07) is 23.7. The molecule has 3 fully saturated rings. The molecule has 1 spiro atoms. The first-order valence-electron chi connectivity index (χ1n) is 14.3. The number of hydrogen-bond acceptors (Lipinski definition) is 5. The fourth-order valence-electron chi connectivity index (χ4n) is 7.41. The van der Waals surface area contributed by atoms with Crippen molar-refractivity contribution in [2.24, 2.45) is 17.8 Å². The van der Waals surface area contributed by atoms with E-state index in [2.05, 4.69) is 10.6 Å². The standard InChI is InChI=1S/C33H34ClN3O5/c1-20-18-33-27(26(32(20,2)42-33)29(39)35-22-13-7-4-8-14-22)31(41)37(23(19-38)17-21-11-5-3-6-12-21)28(33)30(40)36-25-16-10-9-15-24(25)34/h3-16,20,23,26-28,38H,17-19H2,1-2H3,(H,35,39)(H,36,40)/t20?,23-,26-,27+,28?,32+,33?/m1/s1. The Morgan fingerprint density at radius 1 is 1.00 bits per heavy atom. The summed E-state index contributed by atoms with van der Waals surface area (Å²) in [5.41, 5.74) is -0.302. The van der Waals surface area contributed by atoms with E-state index in [-0.39, 0.29) is 24.3 Å². The maximum absolute atomic E-state index is 14.6. The third-order valence-corrected chi connectivity index (χ3v) is 9.70. The fraction of sp³-hybridized carbons (Fsp3) is 0.364. The van der Waals surface area contributed by atoms with Crippen LogP contribution in [0.2, 0.25) is 5.02 Å². The molecule has 3 aliphatic rings. The third kappa shape index (κ3) is 4.49. The van der Waals surface area contributed by atoms with Gasteiger partial charge in [-0.3, -0.25) is 14.4 Å². The van der Waals surface area contributed by atoms with Crippen LogP contribution in [-0.4, -0.2) is 57.6 Å². The predicted octanol–water partition coefficient (Wildman–Crippen LogP) is 4.53. The first kappa shape index (κ1) is 28.4. The number of nitrogens with one attached hydrogen (secondary N) is 2. The molecule has 218 valence electrons. The molecule has 3 amide bonds. The lowest BCUT2D eigenvalue weighted by Gasteiger charge is -2.37. The second-order valence-electron chi connectivity index (χ2n) is 11.8. The number of aliphatic hydroxyl groups is 1. The summed E-state index contributed by atoms with van der Waals surface area (Å²) in [7, 11) is 0. The molecular weight excluding hydrogens is 554 g/mol. The van der Waals surface area contributed by atoms with E-state index >= 15 is 0 Å². The zero-order chi connectivity index (χ0) is 29.6. The lowest BCUT2D eigenvalue weighted by Crippen LogP contribution is -2.57. The number of hydrogen-bond donors (Lipinski definition) is 3. The highest BCUT2D eigenvalue weighted by Crippen LogP contribution is 2.65. The van der Waals surface area contributed by atoms with Crippen molar-refractivity contribution in [1.82, 2.24) is 4.90 Å². The number of ether oxygens (including phenoxy) is 1. The number of halogens is 1. The molecule has 6 rings (SSSR count). The van der Waals surface area contributed by atoms with Gasteiger partial charge in [0.25, 0.3) is 0 Å². The van der Waals surface area contributed by atoms with Crippen LogP contribution in [0.25, 0.3) is 0 Å². The van der Waals surface area contributed by atoms with Gasteiger partial charge in [0.05, 0.1) is 40.8 Å². The molecule has 3 aromatic rings. The maximum Gasteiger partial charge on any atom is 0.250 e. The number of nitrogens with zero attached hydrogens (tertiary/aromatic N) is 1. The van der Waals surface area contributed by atoms with Crippen LogP contribution in [0, 0.1) is 17.8 Å². The van der Waals surface area contributed by atoms with E-state index in [0.717, 1.165) is 5.56 Å². The zero-order valence-electron chi connectivity index (χ0n) is 23.5. The van der Waals surface area contributed by atoms with E-state index in [9.17, 15) is 19.5 Å². The SMILES string of the molecule is CC1CC23O[C@]1(C)[C@@H](C(=O)Nc1ccccc1)[C@H]2C(=O)N([C@@H](CO)Cc1ccccc1)C3C(=O)Nc1ccccc1Cl. The van der Waals surface area contributed by atoms with Crippen molar-refractivity contribution in [1.29, 1.82) is 0 Å². The van der Waals surface area contributed by atoms with Crippen LogP contribution >= 0.6 is 11.6 Å². The summed E-state index contributed by atoms with van der Waals surface area (Å²) in [6.45, 7) is 3.50. The lowest BCUT2D eigenvalue weighted by atomic mass is 9.62. The van der Waals surface area contributed by atoms with Gasteiger partial charge in [-0.2, -0.15) is 0 Å². The van der Waals surface area contributed by atoms with Crippen molar-refractivity contribution in [2.75, 3.05) is 17.2 Å². The van der Waals surface area contributed by atoms with Crippen molar-refractivity contribution >= 4 is 40.7 Å². The summed E-state index contributed by atoms with van der Waals surface area (Å²) in [4.78, 5) is 44.3. The number of likely N-dealkylation sites (tertiary alicyclic amines) is 1. The predicted molar refractivity (Wildman–Crippen MR) is 160 cm³/mol. The molecule has 0 aliphatic carbocycles. The van der Waals surface area contributed by atoms with Gasteiger partial charge >= 0.3 is 0 Å². The largest absolute Gasteiger partial charge is 0.394 e. The number of benzene rings is 3. The number of aliphatic hydroxyl groups excluding tert-OH is 1. The molecule has 42 heavy (non-hydrogen) atoms. The minimum Gasteiger partial charge on any atom is -0.394 e. The molecule has 3 heterocycles. The number of carbonyl (C=O) groups excluding carboxylic acids is 3. The smallest absolute Gasteiger partial charge is 0.250 e. The van der Waals surface area contributed by atoms with Gasteiger partial charge < -0.3 is 25.4 Å². The van der Waals surface area contributed by atoms with E-state index in [1.54, 1.807) is 36.4 Å². The van der Waals surface area contributed by atoms with E-state index in [1.165, 1.54) is 4.90 Å². The molecule has 3 N–H and O–H groups in total. The van der Waals surface area contributed by atoms with Crippen LogP contribution in [0.1, 0.15) is 25.8 Å². The number of para-hydroxylation sites is 2. The van der Waals surface area contributed by atoms with Crippen LogP contribution in [-0.2, 0) is 25.5 Å². The summed E-state index contributed by atoms with van der Waals surface area (Å²) >= 11 is 6.39. The summed E-state index contributed by atoms with van der Waals surface area (Å²) < 4.78 is 6.80.